The number of aliphatic hydroxyl groups is 1. The minimum atomic E-state index is -1.25. The molecule has 1 aromatic carbocycles. The van der Waals surface area contributed by atoms with Crippen LogP contribution in [0.2, 0.25) is 0 Å². The molecule has 1 aromatic rings. The minimum absolute atomic E-state index is 0.215. The molecule has 0 atom stereocenters. The van der Waals surface area contributed by atoms with Gasteiger partial charge in [-0.3, -0.25) is 0 Å². The highest BCUT2D eigenvalue weighted by molar-refractivity contribution is 5.90. The Labute approximate surface area is 90.7 Å². The Morgan fingerprint density at radius 2 is 2.06 bits per heavy atom. The zero-order valence-corrected chi connectivity index (χ0v) is 8.59. The molecule has 0 spiro atoms. The second-order valence-electron chi connectivity index (χ2n) is 3.84. The van der Waals surface area contributed by atoms with E-state index in [1.165, 1.54) is 0 Å². The van der Waals surface area contributed by atoms with Crippen molar-refractivity contribution in [2.45, 2.75) is 18.4 Å². The Kier molecular flexibility index (Phi) is 2.42. The van der Waals surface area contributed by atoms with Gasteiger partial charge in [-0.15, -0.1) is 0 Å². The quantitative estimate of drug-likeness (QED) is 0.784. The van der Waals surface area contributed by atoms with Crippen LogP contribution in [0.3, 0.4) is 0 Å². The highest BCUT2D eigenvalue weighted by Crippen LogP contribution is 2.45. The molecule has 16 heavy (non-hydrogen) atoms. The van der Waals surface area contributed by atoms with Gasteiger partial charge in [0.2, 0.25) is 0 Å². The lowest BCUT2D eigenvalue weighted by atomic mass is 10.0. The van der Waals surface area contributed by atoms with E-state index >= 15 is 0 Å². The average Bonchev–Trinajstić information content (AvgIpc) is 3.00. The lowest BCUT2D eigenvalue weighted by molar-refractivity contribution is 0.0593. The number of carbonyl (C=O) groups excluding carboxylic acids is 1. The van der Waals surface area contributed by atoms with Crippen LogP contribution in [0.5, 0.6) is 0 Å². The van der Waals surface area contributed by atoms with Gasteiger partial charge in [-0.2, -0.15) is 0 Å². The van der Waals surface area contributed by atoms with Crippen molar-refractivity contribution in [2.75, 3.05) is 7.11 Å². The predicted octanol–water partition coefficient (Wildman–Crippen LogP) is 1.73. The average molecular weight is 228 g/mol. The second kappa shape index (κ2) is 3.52. The molecule has 1 fully saturated rings. The third kappa shape index (κ3) is 1.67. The van der Waals surface area contributed by atoms with E-state index < -0.39 is 28.8 Å². The van der Waals surface area contributed by atoms with Crippen molar-refractivity contribution in [3.8, 4) is 0 Å². The Hall–Kier alpha value is -1.49. The van der Waals surface area contributed by atoms with Crippen LogP contribution in [-0.2, 0) is 10.3 Å². The predicted molar refractivity (Wildman–Crippen MR) is 50.8 cm³/mol. The highest BCUT2D eigenvalue weighted by atomic mass is 19.2. The maximum absolute atomic E-state index is 13.3. The first kappa shape index (κ1) is 11.0. The fraction of sp³-hybridized carbons (Fsp3) is 0.364. The summed E-state index contributed by atoms with van der Waals surface area (Å²) in [5, 5.41) is 9.75. The number of halogens is 2. The van der Waals surface area contributed by atoms with E-state index in [0.29, 0.717) is 12.8 Å². The van der Waals surface area contributed by atoms with Crippen LogP contribution < -0.4 is 0 Å². The van der Waals surface area contributed by atoms with Crippen molar-refractivity contribution in [1.29, 1.82) is 0 Å². The molecule has 0 aliphatic heterocycles. The number of benzene rings is 1. The molecule has 0 heterocycles. The summed E-state index contributed by atoms with van der Waals surface area (Å²) in [4.78, 5) is 11.2. The van der Waals surface area contributed by atoms with Crippen LogP contribution in [0.4, 0.5) is 8.78 Å². The molecule has 86 valence electrons. The van der Waals surface area contributed by atoms with Crippen LogP contribution >= 0.6 is 0 Å². The first-order valence-electron chi connectivity index (χ1n) is 4.78. The molecule has 1 N–H and O–H groups in total. The lowest BCUT2D eigenvalue weighted by Gasteiger charge is -2.10. The molecule has 1 saturated carbocycles. The standard InChI is InChI=1S/C11H10F2O3/c1-16-10(14)7-4-6(11(15)2-3-11)5-8(12)9(7)13/h4-5,15H,2-3H2,1H3. The minimum Gasteiger partial charge on any atom is -0.465 e. The number of hydrogen-bond acceptors (Lipinski definition) is 3. The van der Waals surface area contributed by atoms with E-state index in [-0.39, 0.29) is 5.56 Å². The van der Waals surface area contributed by atoms with Crippen LogP contribution in [0.15, 0.2) is 12.1 Å². The van der Waals surface area contributed by atoms with Crippen molar-refractivity contribution in [2.24, 2.45) is 0 Å². The number of rotatable bonds is 2. The van der Waals surface area contributed by atoms with Crippen molar-refractivity contribution in [1.82, 2.24) is 0 Å². The van der Waals surface area contributed by atoms with Gasteiger partial charge in [0.1, 0.15) is 0 Å². The van der Waals surface area contributed by atoms with Crippen LogP contribution in [-0.4, -0.2) is 18.2 Å². The fourth-order valence-electron chi connectivity index (χ4n) is 1.52. The zero-order chi connectivity index (χ0) is 11.9. The van der Waals surface area contributed by atoms with E-state index in [1.54, 1.807) is 0 Å². The smallest absolute Gasteiger partial charge is 0.340 e. The van der Waals surface area contributed by atoms with Gasteiger partial charge in [-0.1, -0.05) is 0 Å². The third-order valence-corrected chi connectivity index (χ3v) is 2.69. The van der Waals surface area contributed by atoms with Crippen molar-refractivity contribution >= 4 is 5.97 Å². The molecule has 0 amide bonds. The number of methoxy groups -OCH3 is 1. The summed E-state index contributed by atoms with van der Waals surface area (Å²) >= 11 is 0. The summed E-state index contributed by atoms with van der Waals surface area (Å²) in [5.74, 6) is -3.36. The van der Waals surface area contributed by atoms with Gasteiger partial charge in [-0.25, -0.2) is 13.6 Å². The van der Waals surface area contributed by atoms with Gasteiger partial charge in [0.05, 0.1) is 18.3 Å². The van der Waals surface area contributed by atoms with Crippen LogP contribution in [0, 0.1) is 11.6 Å². The Bertz CT molecular complexity index is 453. The van der Waals surface area contributed by atoms with E-state index in [2.05, 4.69) is 4.74 Å². The normalized spacial score (nSPS) is 17.0. The van der Waals surface area contributed by atoms with Gasteiger partial charge < -0.3 is 9.84 Å². The molecule has 0 aromatic heterocycles. The second-order valence-corrected chi connectivity index (χ2v) is 3.84. The van der Waals surface area contributed by atoms with Gasteiger partial charge >= 0.3 is 5.97 Å². The van der Waals surface area contributed by atoms with Crippen molar-refractivity contribution < 1.29 is 23.4 Å². The number of carbonyl (C=O) groups is 1. The molecule has 1 aliphatic rings. The third-order valence-electron chi connectivity index (χ3n) is 2.69. The highest BCUT2D eigenvalue weighted by Gasteiger charge is 2.43. The summed E-state index contributed by atoms with van der Waals surface area (Å²) in [7, 11) is 1.08. The summed E-state index contributed by atoms with van der Waals surface area (Å²) in [6.07, 6.45) is 0.970. The SMILES string of the molecule is COC(=O)c1cc(C2(O)CC2)cc(F)c1F. The Morgan fingerprint density at radius 1 is 1.44 bits per heavy atom. The summed E-state index contributed by atoms with van der Waals surface area (Å²) < 4.78 is 30.8. The van der Waals surface area contributed by atoms with Crippen molar-refractivity contribution in [3.05, 3.63) is 34.9 Å². The molecular formula is C11H10F2O3. The maximum Gasteiger partial charge on any atom is 0.340 e. The largest absolute Gasteiger partial charge is 0.465 e. The van der Waals surface area contributed by atoms with Gasteiger partial charge in [0.15, 0.2) is 11.6 Å². The van der Waals surface area contributed by atoms with Crippen LogP contribution in [0.25, 0.3) is 0 Å². The van der Waals surface area contributed by atoms with Gasteiger partial charge in [0.25, 0.3) is 0 Å². The Balaban J connectivity index is 2.51. The Morgan fingerprint density at radius 3 is 2.56 bits per heavy atom. The van der Waals surface area contributed by atoms with Crippen molar-refractivity contribution in [3.63, 3.8) is 0 Å². The van der Waals surface area contributed by atoms with Gasteiger partial charge in [-0.05, 0) is 30.5 Å². The molecular weight excluding hydrogens is 218 g/mol. The van der Waals surface area contributed by atoms with E-state index in [0.717, 1.165) is 19.2 Å². The molecule has 2 rings (SSSR count). The topological polar surface area (TPSA) is 46.5 Å². The molecule has 0 saturated heterocycles. The lowest BCUT2D eigenvalue weighted by Crippen LogP contribution is -2.12. The fourth-order valence-corrected chi connectivity index (χ4v) is 1.52. The summed E-state index contributed by atoms with van der Waals surface area (Å²) in [6, 6.07) is 2.05. The van der Waals surface area contributed by atoms with Gasteiger partial charge in [0, 0.05) is 0 Å². The van der Waals surface area contributed by atoms with E-state index in [4.69, 9.17) is 0 Å². The number of esters is 1. The number of hydrogen-bond donors (Lipinski definition) is 1. The summed E-state index contributed by atoms with van der Waals surface area (Å²) in [5.41, 5.74) is -1.39. The molecule has 0 bridgehead atoms. The first-order valence-corrected chi connectivity index (χ1v) is 4.78. The molecule has 1 aliphatic carbocycles. The van der Waals surface area contributed by atoms with E-state index in [1.807, 2.05) is 0 Å². The monoisotopic (exact) mass is 228 g/mol. The first-order chi connectivity index (χ1) is 7.48. The molecule has 0 radical (unpaired) electrons. The summed E-state index contributed by atoms with van der Waals surface area (Å²) in [6.45, 7) is 0. The maximum atomic E-state index is 13.3. The molecule has 5 heteroatoms. The van der Waals surface area contributed by atoms with E-state index in [9.17, 15) is 18.7 Å². The zero-order valence-electron chi connectivity index (χ0n) is 8.59. The van der Waals surface area contributed by atoms with Crippen LogP contribution in [0.1, 0.15) is 28.8 Å². The number of ether oxygens (including phenoxy) is 1. The molecule has 3 nitrogen and oxygen atoms in total. The molecule has 0 unspecified atom stereocenters.